The number of rotatable bonds is 1. The highest BCUT2D eigenvalue weighted by Gasteiger charge is 2.30. The molecule has 0 aromatic heterocycles. The SMILES string of the molecule is CN1C=C2c3ccccc3C(c3ccc(Cl)cc3)=NCC2CC1=O. The van der Waals surface area contributed by atoms with Crippen LogP contribution in [0.15, 0.2) is 59.7 Å². The molecular formula is C20H17ClN2O. The van der Waals surface area contributed by atoms with Crippen LogP contribution < -0.4 is 0 Å². The van der Waals surface area contributed by atoms with E-state index in [-0.39, 0.29) is 11.8 Å². The third-order valence-corrected chi connectivity index (χ3v) is 4.92. The summed E-state index contributed by atoms with van der Waals surface area (Å²) >= 11 is 6.02. The van der Waals surface area contributed by atoms with Crippen molar-refractivity contribution in [1.29, 1.82) is 0 Å². The van der Waals surface area contributed by atoms with E-state index in [9.17, 15) is 4.79 Å². The summed E-state index contributed by atoms with van der Waals surface area (Å²) in [4.78, 5) is 18.6. The molecule has 4 heteroatoms. The quantitative estimate of drug-likeness (QED) is 0.774. The number of halogens is 1. The molecule has 1 atom stereocenters. The first kappa shape index (κ1) is 15.2. The van der Waals surface area contributed by atoms with Crippen LogP contribution in [0.4, 0.5) is 0 Å². The average molecular weight is 337 g/mol. The monoisotopic (exact) mass is 336 g/mol. The third-order valence-electron chi connectivity index (χ3n) is 4.67. The number of benzene rings is 2. The molecule has 120 valence electrons. The van der Waals surface area contributed by atoms with Crippen molar-refractivity contribution in [2.24, 2.45) is 10.9 Å². The lowest BCUT2D eigenvalue weighted by Crippen LogP contribution is -2.30. The predicted octanol–water partition coefficient (Wildman–Crippen LogP) is 4.01. The van der Waals surface area contributed by atoms with Crippen LogP contribution in [0.25, 0.3) is 5.57 Å². The Morgan fingerprint density at radius 2 is 1.79 bits per heavy atom. The maximum atomic E-state index is 12.1. The van der Waals surface area contributed by atoms with Crippen molar-refractivity contribution < 1.29 is 4.79 Å². The number of carbonyl (C=O) groups excluding carboxylic acids is 1. The zero-order valence-corrected chi connectivity index (χ0v) is 14.1. The van der Waals surface area contributed by atoms with Gasteiger partial charge in [0.05, 0.1) is 5.71 Å². The van der Waals surface area contributed by atoms with Gasteiger partial charge in [-0.2, -0.15) is 0 Å². The summed E-state index contributed by atoms with van der Waals surface area (Å²) in [5, 5.41) is 0.713. The number of aliphatic imine (C=N–C) groups is 1. The third kappa shape index (κ3) is 2.55. The van der Waals surface area contributed by atoms with E-state index in [1.807, 2.05) is 49.6 Å². The summed E-state index contributed by atoms with van der Waals surface area (Å²) in [6, 6.07) is 16.1. The number of amides is 1. The number of hydrogen-bond acceptors (Lipinski definition) is 2. The minimum Gasteiger partial charge on any atom is -0.322 e. The van der Waals surface area contributed by atoms with Gasteiger partial charge in [0.25, 0.3) is 0 Å². The van der Waals surface area contributed by atoms with E-state index in [4.69, 9.17) is 16.6 Å². The van der Waals surface area contributed by atoms with E-state index < -0.39 is 0 Å². The highest BCUT2D eigenvalue weighted by Crippen LogP contribution is 2.36. The summed E-state index contributed by atoms with van der Waals surface area (Å²) in [6.07, 6.45) is 2.48. The van der Waals surface area contributed by atoms with Gasteiger partial charge in [-0.1, -0.05) is 48.0 Å². The number of fused-ring (bicyclic) bond motifs is 3. The molecule has 4 rings (SSSR count). The minimum atomic E-state index is 0.139. The molecular weight excluding hydrogens is 320 g/mol. The fourth-order valence-corrected chi connectivity index (χ4v) is 3.51. The van der Waals surface area contributed by atoms with Gasteiger partial charge in [-0.15, -0.1) is 0 Å². The molecule has 2 aliphatic rings. The largest absolute Gasteiger partial charge is 0.322 e. The molecule has 0 bridgehead atoms. The molecule has 0 radical (unpaired) electrons. The van der Waals surface area contributed by atoms with Gasteiger partial charge < -0.3 is 4.90 Å². The molecule has 0 aliphatic carbocycles. The Balaban J connectivity index is 1.89. The number of hydrogen-bond donors (Lipinski definition) is 0. The van der Waals surface area contributed by atoms with Crippen LogP contribution in [0, 0.1) is 5.92 Å². The van der Waals surface area contributed by atoms with E-state index >= 15 is 0 Å². The summed E-state index contributed by atoms with van der Waals surface area (Å²) in [5.41, 5.74) is 5.48. The molecule has 2 aromatic rings. The van der Waals surface area contributed by atoms with Crippen LogP contribution in [0.5, 0.6) is 0 Å². The molecule has 2 aromatic carbocycles. The Hall–Kier alpha value is -2.39. The van der Waals surface area contributed by atoms with Gasteiger partial charge >= 0.3 is 0 Å². The van der Waals surface area contributed by atoms with E-state index in [0.29, 0.717) is 18.0 Å². The number of carbonyl (C=O) groups is 1. The molecule has 3 nitrogen and oxygen atoms in total. The lowest BCUT2D eigenvalue weighted by molar-refractivity contribution is -0.128. The van der Waals surface area contributed by atoms with Crippen molar-refractivity contribution >= 4 is 28.8 Å². The molecule has 2 heterocycles. The molecule has 1 unspecified atom stereocenters. The first-order chi connectivity index (χ1) is 11.6. The van der Waals surface area contributed by atoms with Gasteiger partial charge in [-0.3, -0.25) is 9.79 Å². The molecule has 0 spiro atoms. The fourth-order valence-electron chi connectivity index (χ4n) is 3.39. The second kappa shape index (κ2) is 5.91. The van der Waals surface area contributed by atoms with E-state index in [1.165, 1.54) is 5.57 Å². The van der Waals surface area contributed by atoms with E-state index in [1.54, 1.807) is 4.90 Å². The Bertz CT molecular complexity index is 867. The average Bonchev–Trinajstić information content (AvgIpc) is 2.74. The fraction of sp³-hybridized carbons (Fsp3) is 0.200. The molecule has 1 amide bonds. The Kier molecular flexibility index (Phi) is 3.73. The van der Waals surface area contributed by atoms with Crippen molar-refractivity contribution in [3.05, 3.63) is 76.4 Å². The smallest absolute Gasteiger partial charge is 0.226 e. The highest BCUT2D eigenvalue weighted by molar-refractivity contribution is 6.30. The first-order valence-corrected chi connectivity index (χ1v) is 8.39. The lowest BCUT2D eigenvalue weighted by atomic mass is 9.85. The summed E-state index contributed by atoms with van der Waals surface area (Å²) in [7, 11) is 1.82. The normalized spacial score (nSPS) is 19.8. The van der Waals surface area contributed by atoms with Crippen LogP contribution in [-0.2, 0) is 4.79 Å². The van der Waals surface area contributed by atoms with Gasteiger partial charge in [-0.05, 0) is 23.3 Å². The Labute approximate surface area is 146 Å². The molecule has 0 saturated heterocycles. The first-order valence-electron chi connectivity index (χ1n) is 8.01. The number of nitrogens with zero attached hydrogens (tertiary/aromatic N) is 2. The molecule has 24 heavy (non-hydrogen) atoms. The van der Waals surface area contributed by atoms with Crippen molar-refractivity contribution in [2.45, 2.75) is 6.42 Å². The maximum Gasteiger partial charge on any atom is 0.226 e. The van der Waals surface area contributed by atoms with Gasteiger partial charge in [0.15, 0.2) is 0 Å². The maximum absolute atomic E-state index is 12.1. The van der Waals surface area contributed by atoms with Crippen molar-refractivity contribution in [1.82, 2.24) is 4.90 Å². The van der Waals surface area contributed by atoms with Crippen LogP contribution in [0.1, 0.15) is 23.1 Å². The highest BCUT2D eigenvalue weighted by atomic mass is 35.5. The standard InChI is InChI=1S/C20H17ClN2O/c1-23-12-18-14(10-19(23)24)11-22-20(13-6-8-15(21)9-7-13)17-5-3-2-4-16(17)18/h2-9,12,14H,10-11H2,1H3. The molecule has 0 fully saturated rings. The predicted molar refractivity (Wildman–Crippen MR) is 97.3 cm³/mol. The van der Waals surface area contributed by atoms with Crippen LogP contribution >= 0.6 is 11.6 Å². The zero-order valence-electron chi connectivity index (χ0n) is 13.4. The van der Waals surface area contributed by atoms with Crippen molar-refractivity contribution in [2.75, 3.05) is 13.6 Å². The second-order valence-electron chi connectivity index (χ2n) is 6.23. The van der Waals surface area contributed by atoms with Gasteiger partial charge in [0.2, 0.25) is 5.91 Å². The molecule has 0 saturated carbocycles. The van der Waals surface area contributed by atoms with Gasteiger partial charge in [0, 0.05) is 48.3 Å². The Morgan fingerprint density at radius 3 is 2.54 bits per heavy atom. The van der Waals surface area contributed by atoms with E-state index in [2.05, 4.69) is 12.1 Å². The summed E-state index contributed by atoms with van der Waals surface area (Å²) in [5.74, 6) is 0.283. The lowest BCUT2D eigenvalue weighted by Gasteiger charge is -2.27. The van der Waals surface area contributed by atoms with Crippen LogP contribution in [0.2, 0.25) is 5.02 Å². The Morgan fingerprint density at radius 1 is 1.08 bits per heavy atom. The minimum absolute atomic E-state index is 0.139. The summed E-state index contributed by atoms with van der Waals surface area (Å²) < 4.78 is 0. The summed E-state index contributed by atoms with van der Waals surface area (Å²) in [6.45, 7) is 0.623. The topological polar surface area (TPSA) is 32.7 Å². The molecule has 0 N–H and O–H groups in total. The second-order valence-corrected chi connectivity index (χ2v) is 6.67. The van der Waals surface area contributed by atoms with Crippen LogP contribution in [-0.4, -0.2) is 30.1 Å². The van der Waals surface area contributed by atoms with Gasteiger partial charge in [0.1, 0.15) is 0 Å². The molecule has 2 aliphatic heterocycles. The van der Waals surface area contributed by atoms with Crippen molar-refractivity contribution in [3.8, 4) is 0 Å². The van der Waals surface area contributed by atoms with Gasteiger partial charge in [-0.25, -0.2) is 0 Å². The van der Waals surface area contributed by atoms with Crippen LogP contribution in [0.3, 0.4) is 0 Å². The van der Waals surface area contributed by atoms with Crippen molar-refractivity contribution in [3.63, 3.8) is 0 Å². The zero-order chi connectivity index (χ0) is 16.7. The van der Waals surface area contributed by atoms with E-state index in [0.717, 1.165) is 22.4 Å².